The lowest BCUT2D eigenvalue weighted by Crippen LogP contribution is -2.09. The molecule has 128 valence electrons. The first-order valence-corrected chi connectivity index (χ1v) is 9.29. The van der Waals surface area contributed by atoms with E-state index in [-0.39, 0.29) is 5.91 Å². The molecule has 0 aromatic heterocycles. The summed E-state index contributed by atoms with van der Waals surface area (Å²) in [4.78, 5) is 11.4. The molecule has 2 heteroatoms. The summed E-state index contributed by atoms with van der Waals surface area (Å²) < 4.78 is 0. The van der Waals surface area contributed by atoms with Crippen LogP contribution in [0.25, 0.3) is 0 Å². The van der Waals surface area contributed by atoms with Gasteiger partial charge in [0.05, 0.1) is 0 Å². The van der Waals surface area contributed by atoms with Gasteiger partial charge in [0.1, 0.15) is 0 Å². The van der Waals surface area contributed by atoms with Gasteiger partial charge < -0.3 is 5.32 Å². The van der Waals surface area contributed by atoms with Crippen LogP contribution in [0.3, 0.4) is 0 Å². The number of anilines is 1. The standard InChI is InChI=1S/C21H33NO/c1-3-5-6-7-8-9-10-11-12-13-16-19-17-14-15-18-20(19)22-21(23)4-2/h4,14-15,17-18H,2-3,5-13,16H2,1H3,(H,22,23). The molecule has 1 amide bonds. The minimum absolute atomic E-state index is 0.138. The SMILES string of the molecule is C=CC(=O)Nc1ccccc1CCCCCCCCCCCC. The van der Waals surface area contributed by atoms with E-state index in [1.54, 1.807) is 0 Å². The van der Waals surface area contributed by atoms with Gasteiger partial charge in [-0.1, -0.05) is 89.5 Å². The molecule has 23 heavy (non-hydrogen) atoms. The van der Waals surface area contributed by atoms with E-state index >= 15 is 0 Å². The van der Waals surface area contributed by atoms with Crippen LogP contribution in [0, 0.1) is 0 Å². The van der Waals surface area contributed by atoms with Crippen molar-refractivity contribution in [3.8, 4) is 0 Å². The maximum atomic E-state index is 11.4. The maximum Gasteiger partial charge on any atom is 0.247 e. The summed E-state index contributed by atoms with van der Waals surface area (Å²) in [6.45, 7) is 5.77. The zero-order chi connectivity index (χ0) is 16.8. The normalized spacial score (nSPS) is 10.5. The molecule has 0 radical (unpaired) electrons. The molecule has 0 spiro atoms. The largest absolute Gasteiger partial charge is 0.322 e. The second kappa shape index (κ2) is 12.9. The summed E-state index contributed by atoms with van der Waals surface area (Å²) in [5, 5.41) is 2.89. The topological polar surface area (TPSA) is 29.1 Å². The second-order valence-electron chi connectivity index (χ2n) is 6.28. The number of para-hydroxylation sites is 1. The predicted molar refractivity (Wildman–Crippen MR) is 101 cm³/mol. The molecular formula is C21H33NO. The molecule has 0 aliphatic heterocycles. The number of carbonyl (C=O) groups excluding carboxylic acids is 1. The average Bonchev–Trinajstić information content (AvgIpc) is 2.57. The number of hydrogen-bond donors (Lipinski definition) is 1. The third-order valence-electron chi connectivity index (χ3n) is 4.26. The van der Waals surface area contributed by atoms with Gasteiger partial charge in [-0.15, -0.1) is 0 Å². The fourth-order valence-electron chi connectivity index (χ4n) is 2.85. The highest BCUT2D eigenvalue weighted by Gasteiger charge is 2.03. The van der Waals surface area contributed by atoms with Crippen molar-refractivity contribution in [2.45, 2.75) is 77.6 Å². The van der Waals surface area contributed by atoms with Crippen LogP contribution in [0.5, 0.6) is 0 Å². The van der Waals surface area contributed by atoms with Gasteiger partial charge in [-0.3, -0.25) is 4.79 Å². The number of amides is 1. The van der Waals surface area contributed by atoms with Crippen molar-refractivity contribution in [3.63, 3.8) is 0 Å². The molecular weight excluding hydrogens is 282 g/mol. The Bertz CT molecular complexity index is 453. The van der Waals surface area contributed by atoms with E-state index in [1.165, 1.54) is 75.8 Å². The van der Waals surface area contributed by atoms with Gasteiger partial charge in [0.25, 0.3) is 0 Å². The highest BCUT2D eigenvalue weighted by atomic mass is 16.1. The van der Waals surface area contributed by atoms with Crippen molar-refractivity contribution in [1.29, 1.82) is 0 Å². The fraction of sp³-hybridized carbons (Fsp3) is 0.571. The number of rotatable bonds is 13. The van der Waals surface area contributed by atoms with E-state index in [0.717, 1.165) is 12.1 Å². The van der Waals surface area contributed by atoms with Gasteiger partial charge in [0.2, 0.25) is 5.91 Å². The minimum Gasteiger partial charge on any atom is -0.322 e. The molecule has 0 atom stereocenters. The molecule has 0 heterocycles. The van der Waals surface area contributed by atoms with Crippen molar-refractivity contribution in [3.05, 3.63) is 42.5 Å². The lowest BCUT2D eigenvalue weighted by atomic mass is 10.0. The second-order valence-corrected chi connectivity index (χ2v) is 6.28. The van der Waals surface area contributed by atoms with Crippen LogP contribution in [-0.2, 0) is 11.2 Å². The Morgan fingerprint density at radius 3 is 2.13 bits per heavy atom. The molecule has 0 saturated heterocycles. The zero-order valence-electron chi connectivity index (χ0n) is 14.8. The molecule has 0 saturated carbocycles. The van der Waals surface area contributed by atoms with E-state index in [1.807, 2.05) is 18.2 Å². The molecule has 0 unspecified atom stereocenters. The lowest BCUT2D eigenvalue weighted by molar-refractivity contribution is -0.111. The van der Waals surface area contributed by atoms with Crippen molar-refractivity contribution in [2.24, 2.45) is 0 Å². The molecule has 0 aliphatic carbocycles. The van der Waals surface area contributed by atoms with Crippen LogP contribution >= 0.6 is 0 Å². The summed E-state index contributed by atoms with van der Waals surface area (Å²) in [7, 11) is 0. The quantitative estimate of drug-likeness (QED) is 0.337. The smallest absolute Gasteiger partial charge is 0.247 e. The summed E-state index contributed by atoms with van der Waals surface area (Å²) >= 11 is 0. The number of benzene rings is 1. The third kappa shape index (κ3) is 9.22. The molecule has 0 aliphatic rings. The Morgan fingerprint density at radius 2 is 1.52 bits per heavy atom. The van der Waals surface area contributed by atoms with Crippen molar-refractivity contribution < 1.29 is 4.79 Å². The lowest BCUT2D eigenvalue weighted by Gasteiger charge is -2.09. The Morgan fingerprint density at radius 1 is 0.957 bits per heavy atom. The number of carbonyl (C=O) groups is 1. The predicted octanol–water partition coefficient (Wildman–Crippen LogP) is 6.27. The van der Waals surface area contributed by atoms with Crippen LogP contribution in [-0.4, -0.2) is 5.91 Å². The highest BCUT2D eigenvalue weighted by Crippen LogP contribution is 2.19. The van der Waals surface area contributed by atoms with Crippen molar-refractivity contribution in [1.82, 2.24) is 0 Å². The van der Waals surface area contributed by atoms with E-state index in [4.69, 9.17) is 0 Å². The number of nitrogens with one attached hydrogen (secondary N) is 1. The fourth-order valence-corrected chi connectivity index (χ4v) is 2.85. The van der Waals surface area contributed by atoms with E-state index < -0.39 is 0 Å². The zero-order valence-corrected chi connectivity index (χ0v) is 14.8. The summed E-state index contributed by atoms with van der Waals surface area (Å²) in [5.41, 5.74) is 2.15. The van der Waals surface area contributed by atoms with Crippen LogP contribution < -0.4 is 5.32 Å². The summed E-state index contributed by atoms with van der Waals surface area (Å²) in [5.74, 6) is -0.138. The molecule has 0 bridgehead atoms. The van der Waals surface area contributed by atoms with Gasteiger partial charge in [0, 0.05) is 5.69 Å². The Labute approximate surface area is 142 Å². The van der Waals surface area contributed by atoms with E-state index in [9.17, 15) is 4.79 Å². The Hall–Kier alpha value is -1.57. The first-order chi connectivity index (χ1) is 11.3. The number of hydrogen-bond acceptors (Lipinski definition) is 1. The monoisotopic (exact) mass is 315 g/mol. The van der Waals surface area contributed by atoms with Crippen LogP contribution in [0.2, 0.25) is 0 Å². The van der Waals surface area contributed by atoms with Crippen LogP contribution in [0.15, 0.2) is 36.9 Å². The molecule has 2 nitrogen and oxygen atoms in total. The Balaban J connectivity index is 2.14. The maximum absolute atomic E-state index is 11.4. The molecule has 1 N–H and O–H groups in total. The first kappa shape index (κ1) is 19.5. The molecule has 1 aromatic carbocycles. The van der Waals surface area contributed by atoms with E-state index in [2.05, 4.69) is 24.9 Å². The molecule has 1 rings (SSSR count). The highest BCUT2D eigenvalue weighted by molar-refractivity contribution is 5.99. The van der Waals surface area contributed by atoms with Crippen molar-refractivity contribution in [2.75, 3.05) is 5.32 Å². The summed E-state index contributed by atoms with van der Waals surface area (Å²) in [6.07, 6.45) is 15.8. The summed E-state index contributed by atoms with van der Waals surface area (Å²) in [6, 6.07) is 8.06. The van der Waals surface area contributed by atoms with Gasteiger partial charge in [0.15, 0.2) is 0 Å². The number of unbranched alkanes of at least 4 members (excludes halogenated alkanes) is 9. The van der Waals surface area contributed by atoms with Crippen LogP contribution in [0.4, 0.5) is 5.69 Å². The third-order valence-corrected chi connectivity index (χ3v) is 4.26. The first-order valence-electron chi connectivity index (χ1n) is 9.29. The molecule has 0 fully saturated rings. The van der Waals surface area contributed by atoms with Gasteiger partial charge >= 0.3 is 0 Å². The molecule has 1 aromatic rings. The number of aryl methyl sites for hydroxylation is 1. The average molecular weight is 316 g/mol. The van der Waals surface area contributed by atoms with E-state index in [0.29, 0.717) is 0 Å². The van der Waals surface area contributed by atoms with Gasteiger partial charge in [-0.2, -0.15) is 0 Å². The van der Waals surface area contributed by atoms with Crippen LogP contribution in [0.1, 0.15) is 76.7 Å². The van der Waals surface area contributed by atoms with Crippen molar-refractivity contribution >= 4 is 11.6 Å². The van der Waals surface area contributed by atoms with Gasteiger partial charge in [-0.25, -0.2) is 0 Å². The van der Waals surface area contributed by atoms with Gasteiger partial charge in [-0.05, 0) is 30.5 Å². The Kier molecular flexibility index (Phi) is 10.9. The minimum atomic E-state index is -0.138.